The zero-order valence-corrected chi connectivity index (χ0v) is 9.73. The third-order valence-electron chi connectivity index (χ3n) is 2.50. The van der Waals surface area contributed by atoms with Crippen LogP contribution in [0.15, 0.2) is 49.3 Å². The Balaban J connectivity index is 2.07. The van der Waals surface area contributed by atoms with Gasteiger partial charge >= 0.3 is 0 Å². The monoisotopic (exact) mass is 228 g/mol. The summed E-state index contributed by atoms with van der Waals surface area (Å²) in [6, 6.07) is 8.09. The highest BCUT2D eigenvalue weighted by Gasteiger charge is 2.04. The van der Waals surface area contributed by atoms with Crippen molar-refractivity contribution < 1.29 is 4.74 Å². The summed E-state index contributed by atoms with van der Waals surface area (Å²) >= 11 is 0. The van der Waals surface area contributed by atoms with Gasteiger partial charge in [-0.25, -0.2) is 0 Å². The maximum Gasteiger partial charge on any atom is 0.122 e. The van der Waals surface area contributed by atoms with Gasteiger partial charge in [0.15, 0.2) is 0 Å². The van der Waals surface area contributed by atoms with Crippen molar-refractivity contribution in [3.05, 3.63) is 60.4 Å². The minimum atomic E-state index is 0.673. The van der Waals surface area contributed by atoms with E-state index in [1.165, 1.54) is 5.56 Å². The molecule has 0 unspecified atom stereocenters. The van der Waals surface area contributed by atoms with Crippen LogP contribution in [0.4, 0.5) is 0 Å². The van der Waals surface area contributed by atoms with Gasteiger partial charge in [0.1, 0.15) is 5.75 Å². The molecule has 0 radical (unpaired) electrons. The second-order valence-electron chi connectivity index (χ2n) is 3.82. The molecule has 0 fully saturated rings. The zero-order valence-electron chi connectivity index (χ0n) is 9.73. The number of rotatable bonds is 6. The zero-order chi connectivity index (χ0) is 11.9. The first-order valence-electron chi connectivity index (χ1n) is 5.69. The van der Waals surface area contributed by atoms with Crippen LogP contribution in [0, 0.1) is 0 Å². The normalized spacial score (nSPS) is 10.1. The predicted molar refractivity (Wildman–Crippen MR) is 68.1 cm³/mol. The molecule has 17 heavy (non-hydrogen) atoms. The predicted octanol–water partition coefficient (Wildman–Crippen LogP) is 2.96. The van der Waals surface area contributed by atoms with Gasteiger partial charge in [-0.1, -0.05) is 24.3 Å². The molecule has 0 aliphatic rings. The molecule has 2 aromatic rings. The molecule has 0 saturated carbocycles. The third-order valence-corrected chi connectivity index (χ3v) is 2.50. The lowest BCUT2D eigenvalue weighted by Crippen LogP contribution is -1.99. The van der Waals surface area contributed by atoms with E-state index in [1.807, 2.05) is 36.7 Å². The molecule has 1 aromatic carbocycles. The number of aromatic amines is 1. The van der Waals surface area contributed by atoms with Gasteiger partial charge in [0.2, 0.25) is 0 Å². The molecule has 1 heterocycles. The van der Waals surface area contributed by atoms with E-state index in [0.717, 1.165) is 24.2 Å². The van der Waals surface area contributed by atoms with Crippen LogP contribution in [0.3, 0.4) is 0 Å². The molecular weight excluding hydrogens is 212 g/mol. The van der Waals surface area contributed by atoms with Crippen LogP contribution in [-0.2, 0) is 6.42 Å². The van der Waals surface area contributed by atoms with Crippen molar-refractivity contribution in [1.29, 1.82) is 0 Å². The number of benzene rings is 1. The van der Waals surface area contributed by atoms with E-state index < -0.39 is 0 Å². The fourth-order valence-corrected chi connectivity index (χ4v) is 1.64. The van der Waals surface area contributed by atoms with E-state index in [-0.39, 0.29) is 0 Å². The number of nitrogens with one attached hydrogen (secondary N) is 1. The minimum absolute atomic E-state index is 0.673. The van der Waals surface area contributed by atoms with Crippen LogP contribution in [0.25, 0.3) is 0 Å². The van der Waals surface area contributed by atoms with E-state index in [4.69, 9.17) is 4.74 Å². The summed E-state index contributed by atoms with van der Waals surface area (Å²) in [6.07, 6.45) is 7.29. The third kappa shape index (κ3) is 3.21. The fraction of sp³-hybridized carbons (Fsp3) is 0.214. The van der Waals surface area contributed by atoms with Gasteiger partial charge < -0.3 is 4.74 Å². The lowest BCUT2D eigenvalue weighted by molar-refractivity contribution is 0.322. The maximum atomic E-state index is 5.72. The molecule has 3 nitrogen and oxygen atoms in total. The Morgan fingerprint density at radius 1 is 1.35 bits per heavy atom. The average Bonchev–Trinajstić information content (AvgIpc) is 2.84. The molecule has 0 saturated heterocycles. The van der Waals surface area contributed by atoms with E-state index in [9.17, 15) is 0 Å². The molecule has 0 aliphatic carbocycles. The lowest BCUT2D eigenvalue weighted by atomic mass is 10.1. The molecule has 1 N–H and O–H groups in total. The van der Waals surface area contributed by atoms with Gasteiger partial charge in [0.05, 0.1) is 12.8 Å². The summed E-state index contributed by atoms with van der Waals surface area (Å²) in [6.45, 7) is 4.36. The number of nitrogens with zero attached hydrogens (tertiary/aromatic N) is 1. The lowest BCUT2D eigenvalue weighted by Gasteiger charge is -2.09. The standard InChI is InChI=1S/C14H16N2O/c1-2-3-8-17-14-7-5-4-6-13(14)9-12-10-15-16-11-12/h2,4-7,10-11H,1,3,8-9H2,(H,15,16). The van der Waals surface area contributed by atoms with Crippen molar-refractivity contribution in [2.45, 2.75) is 12.8 Å². The summed E-state index contributed by atoms with van der Waals surface area (Å²) in [4.78, 5) is 0. The molecule has 1 aromatic heterocycles. The first-order chi connectivity index (χ1) is 8.40. The van der Waals surface area contributed by atoms with Gasteiger partial charge in [-0.15, -0.1) is 6.58 Å². The second-order valence-corrected chi connectivity index (χ2v) is 3.82. The number of hydrogen-bond acceptors (Lipinski definition) is 2. The van der Waals surface area contributed by atoms with Gasteiger partial charge in [-0.2, -0.15) is 5.10 Å². The highest BCUT2D eigenvalue weighted by molar-refractivity contribution is 5.36. The van der Waals surface area contributed by atoms with Crippen LogP contribution >= 0.6 is 0 Å². The van der Waals surface area contributed by atoms with Gasteiger partial charge in [0.25, 0.3) is 0 Å². The Morgan fingerprint density at radius 2 is 2.24 bits per heavy atom. The summed E-state index contributed by atoms with van der Waals surface area (Å²) < 4.78 is 5.72. The van der Waals surface area contributed by atoms with Gasteiger partial charge in [-0.3, -0.25) is 5.10 Å². The van der Waals surface area contributed by atoms with Crippen molar-refractivity contribution >= 4 is 0 Å². The molecule has 0 amide bonds. The van der Waals surface area contributed by atoms with E-state index in [1.54, 1.807) is 0 Å². The second kappa shape index (κ2) is 5.89. The summed E-state index contributed by atoms with van der Waals surface area (Å²) in [7, 11) is 0. The largest absolute Gasteiger partial charge is 0.493 e. The topological polar surface area (TPSA) is 37.9 Å². The molecule has 88 valence electrons. The molecule has 0 bridgehead atoms. The number of H-pyrrole nitrogens is 1. The van der Waals surface area contributed by atoms with E-state index in [2.05, 4.69) is 22.8 Å². The van der Waals surface area contributed by atoms with Crippen molar-refractivity contribution in [2.24, 2.45) is 0 Å². The number of para-hydroxylation sites is 1. The molecular formula is C14H16N2O. The SMILES string of the molecule is C=CCCOc1ccccc1Cc1cn[nH]c1. The first-order valence-corrected chi connectivity index (χ1v) is 5.69. The summed E-state index contributed by atoms with van der Waals surface area (Å²) in [5.74, 6) is 0.940. The molecule has 0 atom stereocenters. The fourth-order valence-electron chi connectivity index (χ4n) is 1.64. The summed E-state index contributed by atoms with van der Waals surface area (Å²) in [5.41, 5.74) is 2.34. The average molecular weight is 228 g/mol. The summed E-state index contributed by atoms with van der Waals surface area (Å²) in [5, 5.41) is 6.76. The van der Waals surface area contributed by atoms with Gasteiger partial charge in [0, 0.05) is 12.6 Å². The highest BCUT2D eigenvalue weighted by Crippen LogP contribution is 2.21. The smallest absolute Gasteiger partial charge is 0.122 e. The van der Waals surface area contributed by atoms with Crippen LogP contribution in [0.2, 0.25) is 0 Å². The van der Waals surface area contributed by atoms with Crippen LogP contribution < -0.4 is 4.74 Å². The Bertz CT molecular complexity index is 463. The Kier molecular flexibility index (Phi) is 3.97. The quantitative estimate of drug-likeness (QED) is 0.609. The molecule has 0 spiro atoms. The van der Waals surface area contributed by atoms with Crippen molar-refractivity contribution in [2.75, 3.05) is 6.61 Å². The molecule has 2 rings (SSSR count). The van der Waals surface area contributed by atoms with Crippen molar-refractivity contribution in [3.8, 4) is 5.75 Å². The highest BCUT2D eigenvalue weighted by atomic mass is 16.5. The minimum Gasteiger partial charge on any atom is -0.493 e. The Morgan fingerprint density at radius 3 is 3.00 bits per heavy atom. The van der Waals surface area contributed by atoms with Crippen LogP contribution in [-0.4, -0.2) is 16.8 Å². The van der Waals surface area contributed by atoms with Crippen molar-refractivity contribution in [1.82, 2.24) is 10.2 Å². The van der Waals surface area contributed by atoms with E-state index in [0.29, 0.717) is 6.61 Å². The molecule has 0 aliphatic heterocycles. The Hall–Kier alpha value is -2.03. The first kappa shape index (κ1) is 11.5. The van der Waals surface area contributed by atoms with E-state index >= 15 is 0 Å². The maximum absolute atomic E-state index is 5.72. The van der Waals surface area contributed by atoms with Crippen LogP contribution in [0.1, 0.15) is 17.5 Å². The number of ether oxygens (including phenoxy) is 1. The number of aromatic nitrogens is 2. The van der Waals surface area contributed by atoms with Gasteiger partial charge in [-0.05, 0) is 23.6 Å². The molecule has 3 heteroatoms. The Labute approximate surface area is 101 Å². The van der Waals surface area contributed by atoms with Crippen LogP contribution in [0.5, 0.6) is 5.75 Å². The van der Waals surface area contributed by atoms with Crippen molar-refractivity contribution in [3.63, 3.8) is 0 Å². The number of hydrogen-bond donors (Lipinski definition) is 1.